The quantitative estimate of drug-likeness (QED) is 0.852. The van der Waals surface area contributed by atoms with Crippen LogP contribution in [-0.2, 0) is 11.2 Å². The van der Waals surface area contributed by atoms with Crippen LogP contribution in [0, 0.1) is 19.8 Å². The molecule has 84 valence electrons. The molecule has 2 N–H and O–H groups in total. The van der Waals surface area contributed by atoms with Gasteiger partial charge in [-0.2, -0.15) is 0 Å². The van der Waals surface area contributed by atoms with Crippen molar-refractivity contribution in [3.8, 4) is 0 Å². The number of carbonyl (C=O) groups excluding carboxylic acids is 1. The van der Waals surface area contributed by atoms with E-state index in [1.807, 2.05) is 27.7 Å². The van der Waals surface area contributed by atoms with Crippen LogP contribution in [0.2, 0.25) is 0 Å². The lowest BCUT2D eigenvalue weighted by Gasteiger charge is -2.12. The molecule has 0 spiro atoms. The van der Waals surface area contributed by atoms with Gasteiger partial charge in [0.05, 0.1) is 12.1 Å². The van der Waals surface area contributed by atoms with Crippen LogP contribution in [0.4, 0.5) is 0 Å². The van der Waals surface area contributed by atoms with Crippen LogP contribution in [-0.4, -0.2) is 16.8 Å². The number of carbonyl (C=O) groups is 1. The molecule has 0 fully saturated rings. The van der Waals surface area contributed by atoms with E-state index in [9.17, 15) is 4.79 Å². The number of ketones is 1. The van der Waals surface area contributed by atoms with E-state index in [1.54, 1.807) is 11.3 Å². The Morgan fingerprint density at radius 1 is 1.47 bits per heavy atom. The van der Waals surface area contributed by atoms with Gasteiger partial charge in [0, 0.05) is 16.8 Å². The Kier molecular flexibility index (Phi) is 3.99. The van der Waals surface area contributed by atoms with Crippen LogP contribution >= 0.6 is 11.3 Å². The normalized spacial score (nSPS) is 15.0. The third kappa shape index (κ3) is 3.11. The minimum atomic E-state index is -0.0884. The fourth-order valence-electron chi connectivity index (χ4n) is 1.22. The molecule has 15 heavy (non-hydrogen) atoms. The number of aromatic nitrogens is 1. The highest BCUT2D eigenvalue weighted by molar-refractivity contribution is 7.11. The van der Waals surface area contributed by atoms with Crippen molar-refractivity contribution in [2.24, 2.45) is 11.7 Å². The maximum absolute atomic E-state index is 11.8. The van der Waals surface area contributed by atoms with Gasteiger partial charge in [-0.15, -0.1) is 11.3 Å². The number of Topliss-reactive ketones (excluding diaryl/α,β-unsaturated/α-hetero) is 1. The van der Waals surface area contributed by atoms with E-state index < -0.39 is 0 Å². The van der Waals surface area contributed by atoms with E-state index in [0.717, 1.165) is 10.7 Å². The topological polar surface area (TPSA) is 56.0 Å². The third-order valence-electron chi connectivity index (χ3n) is 2.69. The summed E-state index contributed by atoms with van der Waals surface area (Å²) in [5.74, 6) is 0.0910. The van der Waals surface area contributed by atoms with Gasteiger partial charge < -0.3 is 5.73 Å². The molecule has 0 aromatic carbocycles. The first-order chi connectivity index (χ1) is 6.91. The summed E-state index contributed by atoms with van der Waals surface area (Å²) in [6.07, 6.45) is 0.419. The molecule has 1 rings (SSSR count). The van der Waals surface area contributed by atoms with Gasteiger partial charge in [0.2, 0.25) is 0 Å². The zero-order chi connectivity index (χ0) is 11.6. The molecular weight excluding hydrogens is 208 g/mol. The van der Waals surface area contributed by atoms with Gasteiger partial charge in [-0.3, -0.25) is 4.79 Å². The molecule has 0 saturated carbocycles. The monoisotopic (exact) mass is 226 g/mol. The highest BCUT2D eigenvalue weighted by atomic mass is 32.1. The van der Waals surface area contributed by atoms with Crippen molar-refractivity contribution < 1.29 is 4.79 Å². The highest BCUT2D eigenvalue weighted by Crippen LogP contribution is 2.18. The molecule has 0 aliphatic carbocycles. The first-order valence-corrected chi connectivity index (χ1v) is 5.94. The summed E-state index contributed by atoms with van der Waals surface area (Å²) in [6.45, 7) is 7.73. The fourth-order valence-corrected chi connectivity index (χ4v) is 2.16. The molecule has 1 aromatic heterocycles. The molecular formula is C11H18N2OS. The molecule has 3 nitrogen and oxygen atoms in total. The average molecular weight is 226 g/mol. The van der Waals surface area contributed by atoms with Crippen LogP contribution in [0.1, 0.15) is 29.4 Å². The summed E-state index contributed by atoms with van der Waals surface area (Å²) < 4.78 is 0. The van der Waals surface area contributed by atoms with E-state index in [0.29, 0.717) is 6.42 Å². The zero-order valence-corrected chi connectivity index (χ0v) is 10.5. The van der Waals surface area contributed by atoms with Crippen molar-refractivity contribution in [1.29, 1.82) is 0 Å². The van der Waals surface area contributed by atoms with Gasteiger partial charge in [0.1, 0.15) is 10.8 Å². The Balaban J connectivity index is 2.66. The molecule has 4 heteroatoms. The lowest BCUT2D eigenvalue weighted by Crippen LogP contribution is -2.31. The molecule has 2 atom stereocenters. The summed E-state index contributed by atoms with van der Waals surface area (Å²) in [6, 6.07) is -0.0837. The molecule has 0 aliphatic heterocycles. The lowest BCUT2D eigenvalue weighted by molar-refractivity contribution is -0.122. The molecule has 2 unspecified atom stereocenters. The standard InChI is InChI=1S/C11H18N2OS/c1-6(7(2)12)10(14)5-11-13-8(3)9(4)15-11/h6-7H,5,12H2,1-4H3. The number of hydrogen-bond donors (Lipinski definition) is 1. The van der Waals surface area contributed by atoms with E-state index in [4.69, 9.17) is 5.73 Å². The number of nitrogens with two attached hydrogens (primary N) is 1. The molecule has 1 heterocycles. The molecule has 0 amide bonds. The van der Waals surface area contributed by atoms with E-state index in [-0.39, 0.29) is 17.7 Å². The molecule has 1 aromatic rings. The predicted molar refractivity (Wildman–Crippen MR) is 63.1 cm³/mol. The van der Waals surface area contributed by atoms with Crippen molar-refractivity contribution >= 4 is 17.1 Å². The van der Waals surface area contributed by atoms with Crippen LogP contribution < -0.4 is 5.73 Å². The minimum Gasteiger partial charge on any atom is -0.327 e. The van der Waals surface area contributed by atoms with Crippen molar-refractivity contribution in [3.05, 3.63) is 15.6 Å². The minimum absolute atomic E-state index is 0.0837. The van der Waals surface area contributed by atoms with E-state index >= 15 is 0 Å². The van der Waals surface area contributed by atoms with Crippen molar-refractivity contribution in [2.75, 3.05) is 0 Å². The van der Waals surface area contributed by atoms with Crippen molar-refractivity contribution in [1.82, 2.24) is 4.98 Å². The lowest BCUT2D eigenvalue weighted by atomic mass is 9.97. The van der Waals surface area contributed by atoms with Crippen LogP contribution in [0.5, 0.6) is 0 Å². The number of aryl methyl sites for hydroxylation is 2. The Morgan fingerprint density at radius 2 is 2.07 bits per heavy atom. The third-order valence-corrected chi connectivity index (χ3v) is 3.77. The van der Waals surface area contributed by atoms with Crippen LogP contribution in [0.25, 0.3) is 0 Å². The van der Waals surface area contributed by atoms with E-state index in [1.165, 1.54) is 4.88 Å². The van der Waals surface area contributed by atoms with Gasteiger partial charge in [-0.05, 0) is 20.8 Å². The first-order valence-electron chi connectivity index (χ1n) is 5.13. The van der Waals surface area contributed by atoms with Gasteiger partial charge in [-0.25, -0.2) is 4.98 Å². The summed E-state index contributed by atoms with van der Waals surface area (Å²) in [7, 11) is 0. The van der Waals surface area contributed by atoms with Crippen molar-refractivity contribution in [3.63, 3.8) is 0 Å². The summed E-state index contributed by atoms with van der Waals surface area (Å²) in [5, 5.41) is 0.905. The average Bonchev–Trinajstić information content (AvgIpc) is 2.44. The SMILES string of the molecule is Cc1nc(CC(=O)C(C)C(C)N)sc1C. The van der Waals surface area contributed by atoms with Gasteiger partial charge in [0.25, 0.3) is 0 Å². The second-order valence-corrected chi connectivity index (χ2v) is 5.33. The Hall–Kier alpha value is -0.740. The highest BCUT2D eigenvalue weighted by Gasteiger charge is 2.18. The van der Waals surface area contributed by atoms with E-state index in [2.05, 4.69) is 4.98 Å². The smallest absolute Gasteiger partial charge is 0.144 e. The Bertz CT molecular complexity index is 338. The number of hydrogen-bond acceptors (Lipinski definition) is 4. The summed E-state index contributed by atoms with van der Waals surface area (Å²) in [5.41, 5.74) is 6.71. The predicted octanol–water partition coefficient (Wildman–Crippen LogP) is 1.85. The van der Waals surface area contributed by atoms with Crippen LogP contribution in [0.15, 0.2) is 0 Å². The second-order valence-electron chi connectivity index (χ2n) is 4.04. The first kappa shape index (κ1) is 12.3. The molecule has 0 radical (unpaired) electrons. The zero-order valence-electron chi connectivity index (χ0n) is 9.70. The van der Waals surface area contributed by atoms with Crippen LogP contribution in [0.3, 0.4) is 0 Å². The van der Waals surface area contributed by atoms with Gasteiger partial charge in [0.15, 0.2) is 0 Å². The van der Waals surface area contributed by atoms with Gasteiger partial charge in [-0.1, -0.05) is 6.92 Å². The molecule has 0 aliphatic rings. The Labute approximate surface area is 94.7 Å². The maximum atomic E-state index is 11.8. The number of rotatable bonds is 4. The van der Waals surface area contributed by atoms with Crippen molar-refractivity contribution in [2.45, 2.75) is 40.2 Å². The van der Waals surface area contributed by atoms with Gasteiger partial charge >= 0.3 is 0 Å². The second kappa shape index (κ2) is 4.86. The fraction of sp³-hybridized carbons (Fsp3) is 0.636. The maximum Gasteiger partial charge on any atom is 0.144 e. The largest absolute Gasteiger partial charge is 0.327 e. The summed E-state index contributed by atoms with van der Waals surface area (Å²) in [4.78, 5) is 17.3. The Morgan fingerprint density at radius 3 is 2.47 bits per heavy atom. The number of thiazole rings is 1. The molecule has 0 bridgehead atoms. The summed E-state index contributed by atoms with van der Waals surface area (Å²) >= 11 is 1.60. The molecule has 0 saturated heterocycles. The number of nitrogens with zero attached hydrogens (tertiary/aromatic N) is 1.